The summed E-state index contributed by atoms with van der Waals surface area (Å²) < 4.78 is 23.9. The number of amides is 1. The Bertz CT molecular complexity index is 1020. The van der Waals surface area contributed by atoms with E-state index in [2.05, 4.69) is 10.2 Å². The number of benzene rings is 2. The molecule has 1 fully saturated rings. The largest absolute Gasteiger partial charge is 0.493 e. The molecular formula is C22H22FN3O3. The summed E-state index contributed by atoms with van der Waals surface area (Å²) in [5, 5.41) is 7.05. The fourth-order valence-electron chi connectivity index (χ4n) is 3.77. The van der Waals surface area contributed by atoms with Crippen molar-refractivity contribution in [1.29, 1.82) is 0 Å². The van der Waals surface area contributed by atoms with Crippen LogP contribution in [0, 0.1) is 5.82 Å². The van der Waals surface area contributed by atoms with Crippen molar-refractivity contribution in [2.24, 2.45) is 0 Å². The maximum absolute atomic E-state index is 13.1. The smallest absolute Gasteiger partial charge is 0.272 e. The number of nitrogens with zero attached hydrogens (tertiary/aromatic N) is 2. The lowest BCUT2D eigenvalue weighted by Gasteiger charge is -2.25. The highest BCUT2D eigenvalue weighted by Gasteiger charge is 2.32. The molecule has 150 valence electrons. The van der Waals surface area contributed by atoms with E-state index in [0.717, 1.165) is 24.0 Å². The number of rotatable bonds is 5. The summed E-state index contributed by atoms with van der Waals surface area (Å²) in [5.41, 5.74) is 2.78. The minimum absolute atomic E-state index is 0.0418. The zero-order chi connectivity index (χ0) is 20.4. The van der Waals surface area contributed by atoms with Crippen molar-refractivity contribution in [3.63, 3.8) is 0 Å². The van der Waals surface area contributed by atoms with Gasteiger partial charge in [0, 0.05) is 12.1 Å². The van der Waals surface area contributed by atoms with Gasteiger partial charge < -0.3 is 14.4 Å². The van der Waals surface area contributed by atoms with Crippen molar-refractivity contribution < 1.29 is 18.7 Å². The minimum atomic E-state index is -0.310. The number of aromatic amines is 1. The molecule has 0 spiro atoms. The van der Waals surface area contributed by atoms with Crippen LogP contribution in [-0.4, -0.2) is 41.8 Å². The third-order valence-electron chi connectivity index (χ3n) is 5.25. The van der Waals surface area contributed by atoms with Gasteiger partial charge in [-0.2, -0.15) is 5.10 Å². The third kappa shape index (κ3) is 3.68. The highest BCUT2D eigenvalue weighted by atomic mass is 19.1. The Morgan fingerprint density at radius 3 is 2.59 bits per heavy atom. The molecule has 1 saturated heterocycles. The number of carbonyl (C=O) groups excluding carboxylic acids is 1. The summed E-state index contributed by atoms with van der Waals surface area (Å²) >= 11 is 0. The van der Waals surface area contributed by atoms with E-state index in [1.165, 1.54) is 12.1 Å². The maximum atomic E-state index is 13.1. The van der Waals surface area contributed by atoms with E-state index in [1.807, 2.05) is 23.1 Å². The van der Waals surface area contributed by atoms with Crippen LogP contribution >= 0.6 is 0 Å². The summed E-state index contributed by atoms with van der Waals surface area (Å²) in [6.45, 7) is 0.669. The van der Waals surface area contributed by atoms with Crippen LogP contribution in [-0.2, 0) is 0 Å². The van der Waals surface area contributed by atoms with E-state index >= 15 is 0 Å². The summed E-state index contributed by atoms with van der Waals surface area (Å²) in [4.78, 5) is 15.0. The molecule has 1 N–H and O–H groups in total. The first-order valence-corrected chi connectivity index (χ1v) is 9.45. The average molecular weight is 395 g/mol. The van der Waals surface area contributed by atoms with E-state index in [-0.39, 0.29) is 17.8 Å². The van der Waals surface area contributed by atoms with Crippen LogP contribution in [0.5, 0.6) is 11.5 Å². The molecule has 4 rings (SSSR count). The molecule has 1 aliphatic heterocycles. The van der Waals surface area contributed by atoms with Crippen molar-refractivity contribution in [1.82, 2.24) is 15.1 Å². The molecule has 2 heterocycles. The Morgan fingerprint density at radius 2 is 1.86 bits per heavy atom. The Hall–Kier alpha value is -3.35. The van der Waals surface area contributed by atoms with E-state index < -0.39 is 0 Å². The summed E-state index contributed by atoms with van der Waals surface area (Å²) in [6, 6.07) is 13.4. The van der Waals surface area contributed by atoms with Crippen LogP contribution in [0.3, 0.4) is 0 Å². The van der Waals surface area contributed by atoms with Gasteiger partial charge in [0.1, 0.15) is 11.5 Å². The number of methoxy groups -OCH3 is 2. The number of nitrogens with one attached hydrogen (secondary N) is 1. The second-order valence-corrected chi connectivity index (χ2v) is 6.94. The molecule has 1 aromatic heterocycles. The van der Waals surface area contributed by atoms with Crippen molar-refractivity contribution in [2.45, 2.75) is 18.9 Å². The quantitative estimate of drug-likeness (QED) is 0.703. The number of hydrogen-bond acceptors (Lipinski definition) is 4. The average Bonchev–Trinajstić information content (AvgIpc) is 3.43. The Morgan fingerprint density at radius 1 is 1.10 bits per heavy atom. The van der Waals surface area contributed by atoms with Crippen molar-refractivity contribution >= 4 is 5.91 Å². The highest BCUT2D eigenvalue weighted by molar-refractivity contribution is 5.94. The van der Waals surface area contributed by atoms with Gasteiger partial charge >= 0.3 is 0 Å². The standard InChI is InChI=1S/C22H22FN3O3/c1-28-20-10-7-15(12-21(20)29-2)19-4-3-11-26(19)22(27)18-13-17(24-25-18)14-5-8-16(23)9-6-14/h5-10,12-13,19H,3-4,11H2,1-2H3,(H,24,25). The lowest BCUT2D eigenvalue weighted by atomic mass is 10.0. The summed E-state index contributed by atoms with van der Waals surface area (Å²) in [6.07, 6.45) is 1.80. The molecule has 0 bridgehead atoms. The summed E-state index contributed by atoms with van der Waals surface area (Å²) in [5.74, 6) is 0.882. The number of halogens is 1. The van der Waals surface area contributed by atoms with Gasteiger partial charge in [0.25, 0.3) is 5.91 Å². The van der Waals surface area contributed by atoms with Gasteiger partial charge in [-0.25, -0.2) is 4.39 Å². The van der Waals surface area contributed by atoms with Gasteiger partial charge in [0.2, 0.25) is 0 Å². The SMILES string of the molecule is COc1ccc(C2CCCN2C(=O)c2cc(-c3ccc(F)cc3)n[nH]2)cc1OC. The van der Waals surface area contributed by atoms with Gasteiger partial charge in [-0.05, 0) is 60.9 Å². The van der Waals surface area contributed by atoms with E-state index in [4.69, 9.17) is 9.47 Å². The Labute approximate surface area is 168 Å². The molecule has 1 atom stereocenters. The van der Waals surface area contributed by atoms with Gasteiger partial charge in [-0.15, -0.1) is 0 Å². The molecule has 0 saturated carbocycles. The lowest BCUT2D eigenvalue weighted by molar-refractivity contribution is 0.0729. The number of ether oxygens (including phenoxy) is 2. The first-order valence-electron chi connectivity index (χ1n) is 9.45. The second-order valence-electron chi connectivity index (χ2n) is 6.94. The van der Waals surface area contributed by atoms with Gasteiger partial charge in [-0.1, -0.05) is 6.07 Å². The zero-order valence-corrected chi connectivity index (χ0v) is 16.3. The molecule has 0 radical (unpaired) electrons. The monoisotopic (exact) mass is 395 g/mol. The third-order valence-corrected chi connectivity index (χ3v) is 5.25. The van der Waals surface area contributed by atoms with Crippen molar-refractivity contribution in [2.75, 3.05) is 20.8 Å². The van der Waals surface area contributed by atoms with Crippen LogP contribution < -0.4 is 9.47 Å². The molecule has 7 heteroatoms. The number of hydrogen-bond donors (Lipinski definition) is 1. The Balaban J connectivity index is 1.58. The van der Waals surface area contributed by atoms with Crippen LogP contribution in [0.2, 0.25) is 0 Å². The maximum Gasteiger partial charge on any atom is 0.272 e. The molecule has 29 heavy (non-hydrogen) atoms. The fourth-order valence-corrected chi connectivity index (χ4v) is 3.77. The number of H-pyrrole nitrogens is 1. The highest BCUT2D eigenvalue weighted by Crippen LogP contribution is 2.37. The van der Waals surface area contributed by atoms with Gasteiger partial charge in [-0.3, -0.25) is 9.89 Å². The molecule has 3 aromatic rings. The van der Waals surface area contributed by atoms with Crippen LogP contribution in [0.15, 0.2) is 48.5 Å². The zero-order valence-electron chi connectivity index (χ0n) is 16.3. The fraction of sp³-hybridized carbons (Fsp3) is 0.273. The number of aromatic nitrogens is 2. The molecule has 1 amide bonds. The number of likely N-dealkylation sites (tertiary alicyclic amines) is 1. The van der Waals surface area contributed by atoms with E-state index in [9.17, 15) is 9.18 Å². The molecule has 0 aliphatic carbocycles. The molecular weight excluding hydrogens is 373 g/mol. The van der Waals surface area contributed by atoms with Crippen molar-refractivity contribution in [3.05, 3.63) is 65.6 Å². The van der Waals surface area contributed by atoms with Crippen LogP contribution in [0.1, 0.15) is 34.9 Å². The van der Waals surface area contributed by atoms with E-state index in [1.54, 1.807) is 32.4 Å². The lowest BCUT2D eigenvalue weighted by Crippen LogP contribution is -2.30. The predicted octanol–water partition coefficient (Wildman–Crippen LogP) is 4.21. The molecule has 2 aromatic carbocycles. The predicted molar refractivity (Wildman–Crippen MR) is 107 cm³/mol. The Kier molecular flexibility index (Phi) is 5.20. The van der Waals surface area contributed by atoms with Crippen LogP contribution in [0.4, 0.5) is 4.39 Å². The van der Waals surface area contributed by atoms with Gasteiger partial charge in [0.05, 0.1) is 26.0 Å². The minimum Gasteiger partial charge on any atom is -0.493 e. The summed E-state index contributed by atoms with van der Waals surface area (Å²) in [7, 11) is 3.20. The van der Waals surface area contributed by atoms with Gasteiger partial charge in [0.15, 0.2) is 11.5 Å². The number of carbonyl (C=O) groups is 1. The molecule has 6 nitrogen and oxygen atoms in total. The second kappa shape index (κ2) is 7.95. The normalized spacial score (nSPS) is 16.1. The van der Waals surface area contributed by atoms with E-state index in [0.29, 0.717) is 29.4 Å². The van der Waals surface area contributed by atoms with Crippen molar-refractivity contribution in [3.8, 4) is 22.8 Å². The first kappa shape index (κ1) is 19.0. The topological polar surface area (TPSA) is 67.5 Å². The molecule has 1 unspecified atom stereocenters. The molecule has 1 aliphatic rings. The first-order chi connectivity index (χ1) is 14.1. The van der Waals surface area contributed by atoms with Crippen LogP contribution in [0.25, 0.3) is 11.3 Å².